The second kappa shape index (κ2) is 7.23. The Kier molecular flexibility index (Phi) is 4.87. The van der Waals surface area contributed by atoms with Crippen LogP contribution in [0, 0.1) is 5.92 Å². The Morgan fingerprint density at radius 2 is 2.22 bits per heavy atom. The van der Waals surface area contributed by atoms with E-state index in [1.54, 1.807) is 6.07 Å². The minimum absolute atomic E-state index is 0.139. The first-order valence-corrected chi connectivity index (χ1v) is 7.70. The smallest absolute Gasteiger partial charge is 0.255 e. The summed E-state index contributed by atoms with van der Waals surface area (Å²) < 4.78 is 12.6. The number of carbonyl (C=O) groups excluding carboxylic acids is 1. The molecule has 0 spiro atoms. The topological polar surface area (TPSA) is 92.3 Å². The van der Waals surface area contributed by atoms with Crippen LogP contribution in [-0.4, -0.2) is 40.7 Å². The van der Waals surface area contributed by atoms with E-state index < -0.39 is 5.91 Å². The van der Waals surface area contributed by atoms with E-state index in [9.17, 15) is 4.79 Å². The van der Waals surface area contributed by atoms with Gasteiger partial charge in [0.15, 0.2) is 6.61 Å². The van der Waals surface area contributed by atoms with Crippen LogP contribution in [0.3, 0.4) is 0 Å². The molecule has 0 saturated carbocycles. The fraction of sp³-hybridized carbons (Fsp3) is 0.438. The van der Waals surface area contributed by atoms with Gasteiger partial charge in [0.25, 0.3) is 5.91 Å². The van der Waals surface area contributed by atoms with Gasteiger partial charge in [-0.25, -0.2) is 0 Å². The number of primary amides is 1. The van der Waals surface area contributed by atoms with E-state index >= 15 is 0 Å². The Balaban J connectivity index is 1.67. The summed E-state index contributed by atoms with van der Waals surface area (Å²) in [4.78, 5) is 10.8. The summed E-state index contributed by atoms with van der Waals surface area (Å²) in [5.74, 6) is 0.668. The molecule has 1 fully saturated rings. The minimum Gasteiger partial charge on any atom is -0.484 e. The average molecular weight is 316 g/mol. The molecule has 2 aromatic rings. The summed E-state index contributed by atoms with van der Waals surface area (Å²) >= 11 is 0. The van der Waals surface area contributed by atoms with Gasteiger partial charge in [0.1, 0.15) is 11.4 Å². The van der Waals surface area contributed by atoms with Gasteiger partial charge >= 0.3 is 0 Å². The van der Waals surface area contributed by atoms with Crippen LogP contribution in [0.4, 0.5) is 0 Å². The number of ether oxygens (including phenoxy) is 2. The molecule has 1 aliphatic heterocycles. The van der Waals surface area contributed by atoms with Gasteiger partial charge in [-0.2, -0.15) is 0 Å². The van der Waals surface area contributed by atoms with Crippen LogP contribution < -0.4 is 10.5 Å². The first kappa shape index (κ1) is 15.5. The van der Waals surface area contributed by atoms with Crippen molar-refractivity contribution in [1.29, 1.82) is 0 Å². The van der Waals surface area contributed by atoms with Crippen molar-refractivity contribution in [3.05, 3.63) is 30.5 Å². The van der Waals surface area contributed by atoms with E-state index in [0.717, 1.165) is 43.9 Å². The van der Waals surface area contributed by atoms with Crippen LogP contribution in [0.1, 0.15) is 12.8 Å². The van der Waals surface area contributed by atoms with Gasteiger partial charge in [-0.1, -0.05) is 17.3 Å². The summed E-state index contributed by atoms with van der Waals surface area (Å²) in [6.07, 6.45) is 4.06. The van der Waals surface area contributed by atoms with Crippen molar-refractivity contribution in [2.75, 3.05) is 19.8 Å². The maximum Gasteiger partial charge on any atom is 0.255 e. The molecule has 7 heteroatoms. The Labute approximate surface area is 134 Å². The highest BCUT2D eigenvalue weighted by molar-refractivity contribution is 5.75. The molecular formula is C16H20N4O3. The maximum absolute atomic E-state index is 10.8. The van der Waals surface area contributed by atoms with E-state index in [1.807, 2.05) is 29.1 Å². The predicted molar refractivity (Wildman–Crippen MR) is 83.7 cm³/mol. The van der Waals surface area contributed by atoms with Crippen LogP contribution >= 0.6 is 0 Å². The third kappa shape index (κ3) is 4.29. The number of nitrogens with two attached hydrogens (primary N) is 1. The molecule has 0 atom stereocenters. The number of rotatable bonds is 6. The molecule has 2 heterocycles. The fourth-order valence-electron chi connectivity index (χ4n) is 2.61. The average Bonchev–Trinajstić information content (AvgIpc) is 3.03. The molecule has 23 heavy (non-hydrogen) atoms. The summed E-state index contributed by atoms with van der Waals surface area (Å²) in [6, 6.07) is 7.38. The van der Waals surface area contributed by atoms with Crippen LogP contribution in [0.5, 0.6) is 5.75 Å². The molecule has 0 bridgehead atoms. The van der Waals surface area contributed by atoms with Crippen molar-refractivity contribution < 1.29 is 14.3 Å². The van der Waals surface area contributed by atoms with Gasteiger partial charge in [-0.3, -0.25) is 9.48 Å². The first-order valence-electron chi connectivity index (χ1n) is 7.70. The van der Waals surface area contributed by atoms with E-state index in [0.29, 0.717) is 11.7 Å². The van der Waals surface area contributed by atoms with Crippen LogP contribution in [0.25, 0.3) is 11.3 Å². The Morgan fingerprint density at radius 1 is 1.39 bits per heavy atom. The van der Waals surface area contributed by atoms with Crippen molar-refractivity contribution in [3.8, 4) is 17.0 Å². The van der Waals surface area contributed by atoms with E-state index in [1.165, 1.54) is 0 Å². The predicted octanol–water partition coefficient (Wildman–Crippen LogP) is 1.24. The Bertz CT molecular complexity index is 665. The number of aromatic nitrogens is 3. The number of amides is 1. The molecule has 122 valence electrons. The van der Waals surface area contributed by atoms with Gasteiger partial charge in [0, 0.05) is 25.3 Å². The normalized spacial score (nSPS) is 15.5. The lowest BCUT2D eigenvalue weighted by molar-refractivity contribution is -0.119. The quantitative estimate of drug-likeness (QED) is 0.865. The van der Waals surface area contributed by atoms with E-state index in [4.69, 9.17) is 15.2 Å². The number of hydrogen-bond donors (Lipinski definition) is 1. The molecule has 1 saturated heterocycles. The lowest BCUT2D eigenvalue weighted by Gasteiger charge is -2.21. The number of carbonyl (C=O) groups is 1. The lowest BCUT2D eigenvalue weighted by atomic mass is 10.0. The molecule has 1 amide bonds. The molecule has 0 radical (unpaired) electrons. The zero-order valence-electron chi connectivity index (χ0n) is 12.9. The minimum atomic E-state index is -0.502. The third-order valence-corrected chi connectivity index (χ3v) is 3.84. The van der Waals surface area contributed by atoms with Crippen LogP contribution in [-0.2, 0) is 16.1 Å². The SMILES string of the molecule is NC(=O)COc1cccc(-c2cn(CC3CCOCC3)nn2)c1. The molecule has 0 unspecified atom stereocenters. The second-order valence-corrected chi connectivity index (χ2v) is 5.66. The highest BCUT2D eigenvalue weighted by atomic mass is 16.5. The zero-order chi connectivity index (χ0) is 16.1. The molecule has 2 N–H and O–H groups in total. The van der Waals surface area contributed by atoms with Crippen molar-refractivity contribution in [2.24, 2.45) is 11.7 Å². The van der Waals surface area contributed by atoms with Gasteiger partial charge in [-0.05, 0) is 30.9 Å². The second-order valence-electron chi connectivity index (χ2n) is 5.66. The highest BCUT2D eigenvalue weighted by Gasteiger charge is 2.15. The fourth-order valence-corrected chi connectivity index (χ4v) is 2.61. The molecule has 3 rings (SSSR count). The molecule has 0 aliphatic carbocycles. The summed E-state index contributed by atoms with van der Waals surface area (Å²) in [6.45, 7) is 2.37. The first-order chi connectivity index (χ1) is 11.2. The number of benzene rings is 1. The molecule has 7 nitrogen and oxygen atoms in total. The van der Waals surface area contributed by atoms with Crippen LogP contribution in [0.15, 0.2) is 30.5 Å². The van der Waals surface area contributed by atoms with Crippen molar-refractivity contribution in [3.63, 3.8) is 0 Å². The standard InChI is InChI=1S/C16H20N4O3/c17-16(21)11-23-14-3-1-2-13(8-14)15-10-20(19-18-15)9-12-4-6-22-7-5-12/h1-3,8,10,12H,4-7,9,11H2,(H2,17,21). The Hall–Kier alpha value is -2.41. The van der Waals surface area contributed by atoms with E-state index in [2.05, 4.69) is 10.3 Å². The maximum atomic E-state index is 10.8. The molecular weight excluding hydrogens is 296 g/mol. The largest absolute Gasteiger partial charge is 0.484 e. The monoisotopic (exact) mass is 316 g/mol. The Morgan fingerprint density at radius 3 is 3.00 bits per heavy atom. The molecule has 1 aliphatic rings. The van der Waals surface area contributed by atoms with Crippen molar-refractivity contribution in [1.82, 2.24) is 15.0 Å². The van der Waals surface area contributed by atoms with Gasteiger partial charge in [0.05, 0.1) is 6.20 Å². The van der Waals surface area contributed by atoms with Gasteiger partial charge in [-0.15, -0.1) is 5.10 Å². The number of hydrogen-bond acceptors (Lipinski definition) is 5. The van der Waals surface area contributed by atoms with Gasteiger partial charge < -0.3 is 15.2 Å². The molecule has 1 aromatic carbocycles. The summed E-state index contributed by atoms with van der Waals surface area (Å²) in [5, 5.41) is 8.42. The lowest BCUT2D eigenvalue weighted by Crippen LogP contribution is -2.20. The highest BCUT2D eigenvalue weighted by Crippen LogP contribution is 2.23. The zero-order valence-corrected chi connectivity index (χ0v) is 12.9. The van der Waals surface area contributed by atoms with Crippen molar-refractivity contribution >= 4 is 5.91 Å². The van der Waals surface area contributed by atoms with Crippen molar-refractivity contribution in [2.45, 2.75) is 19.4 Å². The van der Waals surface area contributed by atoms with Gasteiger partial charge in [0.2, 0.25) is 0 Å². The molecule has 1 aromatic heterocycles. The van der Waals surface area contributed by atoms with E-state index in [-0.39, 0.29) is 6.61 Å². The summed E-state index contributed by atoms with van der Waals surface area (Å²) in [5.41, 5.74) is 6.76. The van der Waals surface area contributed by atoms with Crippen LogP contribution in [0.2, 0.25) is 0 Å². The number of nitrogens with zero attached hydrogens (tertiary/aromatic N) is 3. The summed E-state index contributed by atoms with van der Waals surface area (Å²) in [7, 11) is 0. The third-order valence-electron chi connectivity index (χ3n) is 3.84.